The lowest BCUT2D eigenvalue weighted by atomic mass is 10.0. The average molecular weight is 271 g/mol. The van der Waals surface area contributed by atoms with Gasteiger partial charge in [0, 0.05) is 19.3 Å². The van der Waals surface area contributed by atoms with Crippen LogP contribution in [-0.2, 0) is 11.8 Å². The molecule has 0 aliphatic heterocycles. The third kappa shape index (κ3) is 3.92. The molecule has 98 valence electrons. The summed E-state index contributed by atoms with van der Waals surface area (Å²) in [5.41, 5.74) is -0.344. The van der Waals surface area contributed by atoms with Gasteiger partial charge in [0.05, 0.1) is 10.6 Å². The monoisotopic (exact) mass is 270 g/mol. The lowest BCUT2D eigenvalue weighted by Gasteiger charge is -2.22. The molecular weight excluding hydrogens is 256 g/mol. The molecule has 6 heteroatoms. The number of rotatable bonds is 4. The highest BCUT2D eigenvalue weighted by molar-refractivity contribution is 6.31. The van der Waals surface area contributed by atoms with Gasteiger partial charge in [0.15, 0.2) is 0 Å². The van der Waals surface area contributed by atoms with E-state index in [0.29, 0.717) is 10.7 Å². The van der Waals surface area contributed by atoms with E-state index in [-0.39, 0.29) is 5.91 Å². The molecule has 5 nitrogen and oxygen atoms in total. The van der Waals surface area contributed by atoms with Crippen molar-refractivity contribution in [3.05, 3.63) is 35.1 Å². The van der Waals surface area contributed by atoms with Gasteiger partial charge in [-0.25, -0.2) is 4.79 Å². The molecule has 0 radical (unpaired) electrons. The molecular formula is C12H15ClN2O3. The molecule has 0 aliphatic rings. The Bertz CT molecular complexity index is 503. The van der Waals surface area contributed by atoms with E-state index in [1.54, 1.807) is 37.7 Å². The predicted octanol–water partition coefficient (Wildman–Crippen LogP) is 1.83. The first-order valence-corrected chi connectivity index (χ1v) is 5.65. The van der Waals surface area contributed by atoms with Crippen LogP contribution < -0.4 is 5.32 Å². The minimum absolute atomic E-state index is 0.315. The zero-order valence-corrected chi connectivity index (χ0v) is 11.2. The van der Waals surface area contributed by atoms with Crippen LogP contribution in [0.4, 0.5) is 0 Å². The quantitative estimate of drug-likeness (QED) is 0.820. The molecule has 1 aromatic heterocycles. The van der Waals surface area contributed by atoms with Gasteiger partial charge in [0.1, 0.15) is 5.69 Å². The summed E-state index contributed by atoms with van der Waals surface area (Å²) in [5, 5.41) is 11.7. The van der Waals surface area contributed by atoms with Crippen molar-refractivity contribution in [2.75, 3.05) is 0 Å². The molecule has 0 fully saturated rings. The highest BCUT2D eigenvalue weighted by Gasteiger charge is 2.20. The van der Waals surface area contributed by atoms with Crippen molar-refractivity contribution in [3.63, 3.8) is 0 Å². The first-order valence-electron chi connectivity index (χ1n) is 5.28. The van der Waals surface area contributed by atoms with Gasteiger partial charge >= 0.3 is 5.97 Å². The Hall–Kier alpha value is -1.75. The van der Waals surface area contributed by atoms with Gasteiger partial charge < -0.3 is 15.0 Å². The standard InChI is InChI=1S/C12H15ClN2O3/c1-12(2,5-4-10(16)17)14-11(18)9-6-8(13)7-15(9)3/h4-7H,1-3H3,(H,14,18)(H,16,17). The molecule has 0 saturated carbocycles. The molecule has 1 amide bonds. The molecule has 0 bridgehead atoms. The third-order valence-electron chi connectivity index (χ3n) is 2.28. The van der Waals surface area contributed by atoms with E-state index in [0.717, 1.165) is 6.08 Å². The Morgan fingerprint density at radius 1 is 1.50 bits per heavy atom. The Kier molecular flexibility index (Phi) is 4.19. The molecule has 1 rings (SSSR count). The molecule has 0 atom stereocenters. The van der Waals surface area contributed by atoms with Crippen molar-refractivity contribution in [2.24, 2.45) is 7.05 Å². The second kappa shape index (κ2) is 5.27. The number of halogens is 1. The number of nitrogens with one attached hydrogen (secondary N) is 1. The Morgan fingerprint density at radius 3 is 2.56 bits per heavy atom. The SMILES string of the molecule is Cn1cc(Cl)cc1C(=O)NC(C)(C)C=CC(=O)O. The number of carbonyl (C=O) groups is 2. The van der Waals surface area contributed by atoms with Crippen molar-refractivity contribution in [1.29, 1.82) is 0 Å². The molecule has 0 saturated heterocycles. The van der Waals surface area contributed by atoms with E-state index in [1.807, 2.05) is 0 Å². The van der Waals surface area contributed by atoms with Crippen LogP contribution in [0.5, 0.6) is 0 Å². The lowest BCUT2D eigenvalue weighted by molar-refractivity contribution is -0.131. The van der Waals surface area contributed by atoms with E-state index >= 15 is 0 Å². The number of aromatic nitrogens is 1. The molecule has 2 N–H and O–H groups in total. The number of carbonyl (C=O) groups excluding carboxylic acids is 1. The number of hydrogen-bond donors (Lipinski definition) is 2. The lowest BCUT2D eigenvalue weighted by Crippen LogP contribution is -2.42. The van der Waals surface area contributed by atoms with Gasteiger partial charge in [-0.2, -0.15) is 0 Å². The molecule has 1 heterocycles. The summed E-state index contributed by atoms with van der Waals surface area (Å²) in [4.78, 5) is 22.4. The Morgan fingerprint density at radius 2 is 2.11 bits per heavy atom. The number of aliphatic carboxylic acids is 1. The maximum absolute atomic E-state index is 12.0. The normalized spacial score (nSPS) is 11.8. The van der Waals surface area contributed by atoms with Crippen molar-refractivity contribution >= 4 is 23.5 Å². The van der Waals surface area contributed by atoms with Crippen LogP contribution >= 0.6 is 11.6 Å². The molecule has 1 aromatic rings. The Labute approximate surface area is 110 Å². The number of amides is 1. The summed E-state index contributed by atoms with van der Waals surface area (Å²) in [6.07, 6.45) is 4.03. The first kappa shape index (κ1) is 14.3. The summed E-state index contributed by atoms with van der Waals surface area (Å²) in [6, 6.07) is 1.55. The van der Waals surface area contributed by atoms with Crippen LogP contribution in [0.15, 0.2) is 24.4 Å². The van der Waals surface area contributed by atoms with E-state index in [9.17, 15) is 9.59 Å². The van der Waals surface area contributed by atoms with E-state index in [4.69, 9.17) is 16.7 Å². The van der Waals surface area contributed by atoms with Crippen LogP contribution in [0.1, 0.15) is 24.3 Å². The molecule has 0 spiro atoms. The minimum Gasteiger partial charge on any atom is -0.478 e. The summed E-state index contributed by atoms with van der Waals surface area (Å²) in [5.74, 6) is -1.37. The molecule has 0 unspecified atom stereocenters. The Balaban J connectivity index is 2.81. The van der Waals surface area contributed by atoms with Crippen LogP contribution in [0.3, 0.4) is 0 Å². The maximum atomic E-state index is 12.0. The third-order valence-corrected chi connectivity index (χ3v) is 2.49. The van der Waals surface area contributed by atoms with Crippen LogP contribution in [0.2, 0.25) is 5.02 Å². The first-order chi connectivity index (χ1) is 8.21. The molecule has 0 aliphatic carbocycles. The summed E-state index contributed by atoms with van der Waals surface area (Å²) >= 11 is 5.79. The molecule has 18 heavy (non-hydrogen) atoms. The van der Waals surface area contributed by atoms with Crippen LogP contribution in [-0.4, -0.2) is 27.1 Å². The number of carboxylic acid groups (broad SMARTS) is 1. The van der Waals surface area contributed by atoms with Gasteiger partial charge in [-0.15, -0.1) is 0 Å². The van der Waals surface area contributed by atoms with E-state index < -0.39 is 11.5 Å². The zero-order chi connectivity index (χ0) is 13.9. The number of aryl methyl sites for hydroxylation is 1. The average Bonchev–Trinajstić information content (AvgIpc) is 2.54. The fourth-order valence-electron chi connectivity index (χ4n) is 1.43. The topological polar surface area (TPSA) is 71.3 Å². The second-order valence-electron chi connectivity index (χ2n) is 4.50. The fourth-order valence-corrected chi connectivity index (χ4v) is 1.68. The fraction of sp³-hybridized carbons (Fsp3) is 0.333. The number of carboxylic acids is 1. The summed E-state index contributed by atoms with van der Waals surface area (Å²) in [7, 11) is 1.71. The van der Waals surface area contributed by atoms with Gasteiger partial charge in [-0.3, -0.25) is 4.79 Å². The predicted molar refractivity (Wildman–Crippen MR) is 68.7 cm³/mol. The minimum atomic E-state index is -1.06. The van der Waals surface area contributed by atoms with Crippen molar-refractivity contribution < 1.29 is 14.7 Å². The smallest absolute Gasteiger partial charge is 0.328 e. The van der Waals surface area contributed by atoms with Gasteiger partial charge in [-0.1, -0.05) is 17.7 Å². The highest BCUT2D eigenvalue weighted by Crippen LogP contribution is 2.14. The summed E-state index contributed by atoms with van der Waals surface area (Å²) < 4.78 is 1.61. The van der Waals surface area contributed by atoms with Gasteiger partial charge in [0.2, 0.25) is 0 Å². The zero-order valence-electron chi connectivity index (χ0n) is 10.4. The van der Waals surface area contributed by atoms with E-state index in [1.165, 1.54) is 6.08 Å². The van der Waals surface area contributed by atoms with Crippen LogP contribution in [0.25, 0.3) is 0 Å². The number of hydrogen-bond acceptors (Lipinski definition) is 2. The van der Waals surface area contributed by atoms with Crippen molar-refractivity contribution in [1.82, 2.24) is 9.88 Å². The number of nitrogens with zero attached hydrogens (tertiary/aromatic N) is 1. The van der Waals surface area contributed by atoms with Crippen molar-refractivity contribution in [2.45, 2.75) is 19.4 Å². The van der Waals surface area contributed by atoms with Gasteiger partial charge in [-0.05, 0) is 19.9 Å². The second-order valence-corrected chi connectivity index (χ2v) is 4.94. The van der Waals surface area contributed by atoms with Gasteiger partial charge in [0.25, 0.3) is 5.91 Å². The summed E-state index contributed by atoms with van der Waals surface area (Å²) in [6.45, 7) is 3.41. The van der Waals surface area contributed by atoms with Crippen molar-refractivity contribution in [3.8, 4) is 0 Å². The maximum Gasteiger partial charge on any atom is 0.328 e. The molecule has 0 aromatic carbocycles. The highest BCUT2D eigenvalue weighted by atomic mass is 35.5. The van der Waals surface area contributed by atoms with Crippen LogP contribution in [0, 0.1) is 0 Å². The van der Waals surface area contributed by atoms with E-state index in [2.05, 4.69) is 5.32 Å². The largest absolute Gasteiger partial charge is 0.478 e.